The Kier molecular flexibility index (Phi) is 7.16. The maximum Gasteiger partial charge on any atom is 0.129 e. The number of nitrogens with zero attached hydrogens (tertiary/aromatic N) is 4. The molecule has 30 heavy (non-hydrogen) atoms. The fourth-order valence-electron chi connectivity index (χ4n) is 3.55. The predicted molar refractivity (Wildman–Crippen MR) is 123 cm³/mol. The SMILES string of the molecule is CN=CC(=CN)c1ccc(N)c(C(=N)c2ccnc(N3CCN(CCO)CC3)c2)c1. The van der Waals surface area contributed by atoms with Gasteiger partial charge in [-0.25, -0.2) is 4.98 Å². The minimum absolute atomic E-state index is 0.177. The van der Waals surface area contributed by atoms with Crippen LogP contribution in [-0.4, -0.2) is 73.3 Å². The van der Waals surface area contributed by atoms with Crippen molar-refractivity contribution in [2.45, 2.75) is 0 Å². The molecule has 0 spiro atoms. The van der Waals surface area contributed by atoms with Crippen LogP contribution in [0.5, 0.6) is 0 Å². The molecule has 8 nitrogen and oxygen atoms in total. The van der Waals surface area contributed by atoms with Gasteiger partial charge in [-0.3, -0.25) is 15.3 Å². The molecule has 2 heterocycles. The zero-order valence-corrected chi connectivity index (χ0v) is 17.3. The molecule has 1 fully saturated rings. The average Bonchev–Trinajstić information content (AvgIpc) is 2.78. The van der Waals surface area contributed by atoms with Gasteiger partial charge in [-0.2, -0.15) is 0 Å². The van der Waals surface area contributed by atoms with Gasteiger partial charge in [0.15, 0.2) is 0 Å². The quantitative estimate of drug-likeness (QED) is 0.403. The molecule has 2 aromatic rings. The number of anilines is 2. The van der Waals surface area contributed by atoms with E-state index in [9.17, 15) is 0 Å². The number of nitrogens with one attached hydrogen (secondary N) is 1. The standard InChI is InChI=1S/C22H29N7O/c1-26-15-18(14-23)16-2-3-20(24)19(12-16)22(25)17-4-5-27-21(13-17)29-8-6-28(7-9-29)10-11-30/h2-5,12-15,25,30H,6-11,23-24H2,1H3. The summed E-state index contributed by atoms with van der Waals surface area (Å²) in [5, 5.41) is 17.9. The summed E-state index contributed by atoms with van der Waals surface area (Å²) in [6.45, 7) is 4.31. The molecule has 1 aliphatic heterocycles. The summed E-state index contributed by atoms with van der Waals surface area (Å²) in [4.78, 5) is 13.0. The number of β-amino-alcohol motifs (C(OH)–C–C–N with tert-alkyl or cyclic N) is 1. The Labute approximate surface area is 177 Å². The first-order valence-electron chi connectivity index (χ1n) is 9.94. The summed E-state index contributed by atoms with van der Waals surface area (Å²) in [6.07, 6.45) is 4.90. The summed E-state index contributed by atoms with van der Waals surface area (Å²) in [6, 6.07) is 9.29. The normalized spacial score (nSPS) is 15.7. The van der Waals surface area contributed by atoms with E-state index in [1.807, 2.05) is 24.3 Å². The molecule has 1 saturated heterocycles. The summed E-state index contributed by atoms with van der Waals surface area (Å²) >= 11 is 0. The average molecular weight is 408 g/mol. The van der Waals surface area contributed by atoms with Gasteiger partial charge in [0.25, 0.3) is 0 Å². The van der Waals surface area contributed by atoms with Crippen LogP contribution in [0, 0.1) is 5.41 Å². The van der Waals surface area contributed by atoms with Crippen molar-refractivity contribution in [3.05, 3.63) is 59.4 Å². The number of nitrogens with two attached hydrogens (primary N) is 2. The second-order valence-electron chi connectivity index (χ2n) is 7.14. The highest BCUT2D eigenvalue weighted by molar-refractivity contribution is 6.16. The van der Waals surface area contributed by atoms with Crippen molar-refractivity contribution in [2.75, 3.05) is 57.0 Å². The molecule has 0 amide bonds. The largest absolute Gasteiger partial charge is 0.404 e. The van der Waals surface area contributed by atoms with Gasteiger partial charge in [-0.1, -0.05) is 6.07 Å². The van der Waals surface area contributed by atoms with Crippen LogP contribution in [0.1, 0.15) is 16.7 Å². The van der Waals surface area contributed by atoms with Gasteiger partial charge in [0.1, 0.15) is 5.82 Å². The lowest BCUT2D eigenvalue weighted by atomic mass is 9.97. The van der Waals surface area contributed by atoms with Crippen LogP contribution in [0.3, 0.4) is 0 Å². The number of aromatic nitrogens is 1. The third kappa shape index (κ3) is 4.84. The monoisotopic (exact) mass is 407 g/mol. The van der Waals surface area contributed by atoms with Crippen LogP contribution < -0.4 is 16.4 Å². The number of piperazine rings is 1. The van der Waals surface area contributed by atoms with E-state index < -0.39 is 0 Å². The molecule has 0 radical (unpaired) electrons. The number of allylic oxidation sites excluding steroid dienone is 1. The molecule has 0 atom stereocenters. The molecule has 0 saturated carbocycles. The number of pyridine rings is 1. The van der Waals surface area contributed by atoms with Crippen molar-refractivity contribution < 1.29 is 5.11 Å². The van der Waals surface area contributed by atoms with E-state index in [0.717, 1.165) is 48.7 Å². The lowest BCUT2D eigenvalue weighted by Gasteiger charge is -2.35. The van der Waals surface area contributed by atoms with E-state index in [-0.39, 0.29) is 6.61 Å². The third-order valence-corrected chi connectivity index (χ3v) is 5.25. The van der Waals surface area contributed by atoms with E-state index >= 15 is 0 Å². The smallest absolute Gasteiger partial charge is 0.129 e. The minimum atomic E-state index is 0.177. The lowest BCUT2D eigenvalue weighted by Crippen LogP contribution is -2.47. The highest BCUT2D eigenvalue weighted by Crippen LogP contribution is 2.24. The topological polar surface area (TPSA) is 128 Å². The number of rotatable bonds is 7. The highest BCUT2D eigenvalue weighted by atomic mass is 16.3. The molecule has 0 bridgehead atoms. The molecular formula is C22H29N7O. The second-order valence-corrected chi connectivity index (χ2v) is 7.14. The zero-order valence-electron chi connectivity index (χ0n) is 17.3. The fraction of sp³-hybridized carbons (Fsp3) is 0.318. The van der Waals surface area contributed by atoms with Crippen LogP contribution in [-0.2, 0) is 0 Å². The van der Waals surface area contributed by atoms with Gasteiger partial charge in [0.05, 0.1) is 12.3 Å². The number of hydrogen-bond donors (Lipinski definition) is 4. The Morgan fingerprint density at radius 3 is 2.63 bits per heavy atom. The molecule has 8 heteroatoms. The predicted octanol–water partition coefficient (Wildman–Crippen LogP) is 1.19. The molecule has 1 aromatic carbocycles. The number of hydrogen-bond acceptors (Lipinski definition) is 8. The van der Waals surface area contributed by atoms with E-state index in [4.69, 9.17) is 22.0 Å². The Hall–Kier alpha value is -3.23. The van der Waals surface area contributed by atoms with Gasteiger partial charge in [-0.15, -0.1) is 0 Å². The van der Waals surface area contributed by atoms with Crippen LogP contribution >= 0.6 is 0 Å². The maximum absolute atomic E-state index is 9.11. The number of aliphatic hydroxyl groups excluding tert-OH is 1. The Morgan fingerprint density at radius 2 is 1.97 bits per heavy atom. The van der Waals surface area contributed by atoms with Crippen LogP contribution in [0.4, 0.5) is 11.5 Å². The zero-order chi connectivity index (χ0) is 21.5. The summed E-state index contributed by atoms with van der Waals surface area (Å²) in [5.74, 6) is 0.844. The van der Waals surface area contributed by atoms with Gasteiger partial charge < -0.3 is 21.5 Å². The van der Waals surface area contributed by atoms with Crippen molar-refractivity contribution in [2.24, 2.45) is 10.7 Å². The van der Waals surface area contributed by atoms with Gasteiger partial charge in [-0.05, 0) is 29.8 Å². The first-order valence-corrected chi connectivity index (χ1v) is 9.94. The molecule has 0 aliphatic carbocycles. The van der Waals surface area contributed by atoms with E-state index in [1.165, 1.54) is 6.20 Å². The van der Waals surface area contributed by atoms with Gasteiger partial charge in [0, 0.05) is 80.8 Å². The first-order chi connectivity index (χ1) is 14.6. The van der Waals surface area contributed by atoms with E-state index in [0.29, 0.717) is 23.5 Å². The first kappa shape index (κ1) is 21.5. The molecule has 158 valence electrons. The van der Waals surface area contributed by atoms with Crippen LogP contribution in [0.2, 0.25) is 0 Å². The number of aliphatic hydroxyl groups is 1. The van der Waals surface area contributed by atoms with Crippen LogP contribution in [0.25, 0.3) is 5.57 Å². The van der Waals surface area contributed by atoms with Crippen molar-refractivity contribution >= 4 is 29.0 Å². The summed E-state index contributed by atoms with van der Waals surface area (Å²) < 4.78 is 0. The molecule has 0 unspecified atom stereocenters. The summed E-state index contributed by atoms with van der Waals surface area (Å²) in [7, 11) is 1.69. The Morgan fingerprint density at radius 1 is 1.20 bits per heavy atom. The minimum Gasteiger partial charge on any atom is -0.404 e. The number of aliphatic imine (C=N–C) groups is 1. The molecular weight excluding hydrogens is 378 g/mol. The van der Waals surface area contributed by atoms with E-state index in [1.54, 1.807) is 25.5 Å². The molecule has 1 aromatic heterocycles. The molecule has 1 aliphatic rings. The third-order valence-electron chi connectivity index (χ3n) is 5.25. The molecule has 3 rings (SSSR count). The summed E-state index contributed by atoms with van der Waals surface area (Å²) in [5.41, 5.74) is 15.8. The fourth-order valence-corrected chi connectivity index (χ4v) is 3.55. The number of nitrogen functional groups attached to an aromatic ring is 1. The van der Waals surface area contributed by atoms with E-state index in [2.05, 4.69) is 19.8 Å². The second kappa shape index (κ2) is 10.00. The van der Waals surface area contributed by atoms with Crippen molar-refractivity contribution in [1.29, 1.82) is 5.41 Å². The van der Waals surface area contributed by atoms with Crippen molar-refractivity contribution in [3.8, 4) is 0 Å². The number of benzene rings is 1. The Bertz CT molecular complexity index is 946. The van der Waals surface area contributed by atoms with Gasteiger partial charge >= 0.3 is 0 Å². The van der Waals surface area contributed by atoms with Gasteiger partial charge in [0.2, 0.25) is 0 Å². The van der Waals surface area contributed by atoms with Crippen molar-refractivity contribution in [1.82, 2.24) is 9.88 Å². The lowest BCUT2D eigenvalue weighted by molar-refractivity contribution is 0.188. The van der Waals surface area contributed by atoms with Crippen LogP contribution in [0.15, 0.2) is 47.7 Å². The van der Waals surface area contributed by atoms with Crippen molar-refractivity contribution in [3.63, 3.8) is 0 Å². The Balaban J connectivity index is 1.84. The highest BCUT2D eigenvalue weighted by Gasteiger charge is 2.19. The maximum atomic E-state index is 9.11. The molecule has 6 N–H and O–H groups in total.